The minimum Gasteiger partial charge on any atom is -0.467 e. The predicted molar refractivity (Wildman–Crippen MR) is 113 cm³/mol. The summed E-state index contributed by atoms with van der Waals surface area (Å²) in [6.07, 6.45) is 4.96. The first-order valence-corrected chi connectivity index (χ1v) is 9.63. The molecule has 1 amide bonds. The number of rotatable bonds is 4. The fourth-order valence-corrected chi connectivity index (χ4v) is 3.69. The Bertz CT molecular complexity index is 1230. The first-order valence-electron chi connectivity index (χ1n) is 9.63. The normalized spacial score (nSPS) is 14.2. The topological polar surface area (TPSA) is 121 Å². The SMILES string of the molecule is COc1ncc2c(N3CCNCC3)ccc(C(=O)Nc3nccc4[nH]ncc34)c2n1. The average Bonchev–Trinajstić information content (AvgIpc) is 3.28. The van der Waals surface area contributed by atoms with Gasteiger partial charge in [-0.2, -0.15) is 10.1 Å². The van der Waals surface area contributed by atoms with Crippen molar-refractivity contribution >= 4 is 39.2 Å². The van der Waals surface area contributed by atoms with Crippen molar-refractivity contribution in [3.05, 3.63) is 42.4 Å². The average molecular weight is 404 g/mol. The van der Waals surface area contributed by atoms with Gasteiger partial charge in [0.2, 0.25) is 0 Å². The van der Waals surface area contributed by atoms with Gasteiger partial charge in [-0.25, -0.2) is 9.97 Å². The maximum atomic E-state index is 13.2. The number of ether oxygens (including phenoxy) is 1. The molecule has 0 bridgehead atoms. The zero-order valence-corrected chi connectivity index (χ0v) is 16.3. The van der Waals surface area contributed by atoms with Crippen LogP contribution in [0.5, 0.6) is 6.01 Å². The van der Waals surface area contributed by atoms with Crippen LogP contribution in [0.2, 0.25) is 0 Å². The van der Waals surface area contributed by atoms with E-state index in [4.69, 9.17) is 4.74 Å². The summed E-state index contributed by atoms with van der Waals surface area (Å²) in [6, 6.07) is 5.75. The number of aromatic amines is 1. The highest BCUT2D eigenvalue weighted by molar-refractivity contribution is 6.15. The number of H-pyrrole nitrogens is 1. The van der Waals surface area contributed by atoms with Gasteiger partial charge in [-0.3, -0.25) is 9.89 Å². The Balaban J connectivity index is 1.58. The smallest absolute Gasteiger partial charge is 0.316 e. The van der Waals surface area contributed by atoms with Gasteiger partial charge >= 0.3 is 6.01 Å². The molecule has 3 aromatic heterocycles. The number of methoxy groups -OCH3 is 1. The number of carbonyl (C=O) groups excluding carboxylic acids is 1. The largest absolute Gasteiger partial charge is 0.467 e. The third-order valence-electron chi connectivity index (χ3n) is 5.19. The van der Waals surface area contributed by atoms with Crippen LogP contribution in [0.3, 0.4) is 0 Å². The number of fused-ring (bicyclic) bond motifs is 2. The molecule has 10 heteroatoms. The third kappa shape index (κ3) is 3.16. The van der Waals surface area contributed by atoms with Gasteiger partial charge in [-0.1, -0.05) is 0 Å². The molecule has 0 spiro atoms. The number of piperazine rings is 1. The summed E-state index contributed by atoms with van der Waals surface area (Å²) in [5, 5.41) is 14.7. The van der Waals surface area contributed by atoms with E-state index in [1.807, 2.05) is 6.07 Å². The van der Waals surface area contributed by atoms with E-state index in [2.05, 4.69) is 40.7 Å². The van der Waals surface area contributed by atoms with Crippen LogP contribution in [0.15, 0.2) is 36.8 Å². The number of benzene rings is 1. The molecular formula is C20H20N8O2. The molecule has 0 radical (unpaired) electrons. The van der Waals surface area contributed by atoms with Gasteiger partial charge in [0.05, 0.1) is 35.3 Å². The quantitative estimate of drug-likeness (QED) is 0.469. The molecule has 3 N–H and O–H groups in total. The Morgan fingerprint density at radius 3 is 2.83 bits per heavy atom. The molecule has 1 aliphatic heterocycles. The van der Waals surface area contributed by atoms with Gasteiger partial charge in [-0.15, -0.1) is 0 Å². The van der Waals surface area contributed by atoms with E-state index in [-0.39, 0.29) is 11.9 Å². The summed E-state index contributed by atoms with van der Waals surface area (Å²) in [6.45, 7) is 3.56. The summed E-state index contributed by atoms with van der Waals surface area (Å²) >= 11 is 0. The molecule has 30 heavy (non-hydrogen) atoms. The third-order valence-corrected chi connectivity index (χ3v) is 5.19. The lowest BCUT2D eigenvalue weighted by Gasteiger charge is -2.30. The highest BCUT2D eigenvalue weighted by Crippen LogP contribution is 2.30. The Kier molecular flexibility index (Phi) is 4.60. The van der Waals surface area contributed by atoms with Crippen molar-refractivity contribution in [2.45, 2.75) is 0 Å². The van der Waals surface area contributed by atoms with E-state index in [1.165, 1.54) is 7.11 Å². The van der Waals surface area contributed by atoms with Crippen molar-refractivity contribution in [3.63, 3.8) is 0 Å². The number of nitrogens with one attached hydrogen (secondary N) is 3. The second-order valence-electron chi connectivity index (χ2n) is 6.93. The molecule has 0 saturated carbocycles. The van der Waals surface area contributed by atoms with Crippen LogP contribution in [0.1, 0.15) is 10.4 Å². The molecule has 4 aromatic rings. The van der Waals surface area contributed by atoms with E-state index < -0.39 is 0 Å². The lowest BCUT2D eigenvalue weighted by Crippen LogP contribution is -2.43. The van der Waals surface area contributed by atoms with Crippen molar-refractivity contribution < 1.29 is 9.53 Å². The minimum absolute atomic E-state index is 0.212. The molecule has 1 saturated heterocycles. The van der Waals surface area contributed by atoms with E-state index in [1.54, 1.807) is 30.7 Å². The summed E-state index contributed by atoms with van der Waals surface area (Å²) in [5.41, 5.74) is 2.76. The molecule has 10 nitrogen and oxygen atoms in total. The molecule has 4 heterocycles. The minimum atomic E-state index is -0.311. The van der Waals surface area contributed by atoms with Crippen molar-refractivity contribution in [2.75, 3.05) is 43.5 Å². The van der Waals surface area contributed by atoms with Gasteiger partial charge in [0.1, 0.15) is 5.82 Å². The Labute approximate surface area is 171 Å². The maximum absolute atomic E-state index is 13.2. The monoisotopic (exact) mass is 404 g/mol. The number of anilines is 2. The van der Waals surface area contributed by atoms with Gasteiger partial charge in [0.15, 0.2) is 0 Å². The lowest BCUT2D eigenvalue weighted by molar-refractivity contribution is 0.102. The van der Waals surface area contributed by atoms with Crippen LogP contribution in [-0.4, -0.2) is 64.3 Å². The fourth-order valence-electron chi connectivity index (χ4n) is 3.69. The van der Waals surface area contributed by atoms with E-state index >= 15 is 0 Å². The zero-order chi connectivity index (χ0) is 20.5. The molecule has 1 aliphatic rings. The van der Waals surface area contributed by atoms with Crippen LogP contribution < -0.4 is 20.3 Å². The standard InChI is InChI=1S/C20H20N8O2/c1-30-20-23-10-14-16(28-8-6-21-7-9-28)3-2-12(17(14)25-20)19(29)26-18-13-11-24-27-15(13)4-5-22-18/h2-5,10-11,21H,6-9H2,1H3,(H,24,27)(H,22,26,29). The van der Waals surface area contributed by atoms with Crippen molar-refractivity contribution in [1.29, 1.82) is 0 Å². The molecule has 0 aliphatic carbocycles. The Morgan fingerprint density at radius 1 is 1.13 bits per heavy atom. The fraction of sp³-hybridized carbons (Fsp3) is 0.250. The highest BCUT2D eigenvalue weighted by atomic mass is 16.5. The summed E-state index contributed by atoms with van der Waals surface area (Å²) in [7, 11) is 1.50. The lowest BCUT2D eigenvalue weighted by atomic mass is 10.1. The van der Waals surface area contributed by atoms with Gasteiger partial charge < -0.3 is 20.3 Å². The number of nitrogens with zero attached hydrogens (tertiary/aromatic N) is 5. The second-order valence-corrected chi connectivity index (χ2v) is 6.93. The number of hydrogen-bond acceptors (Lipinski definition) is 8. The number of aromatic nitrogens is 5. The van der Waals surface area contributed by atoms with Gasteiger partial charge in [0.25, 0.3) is 5.91 Å². The highest BCUT2D eigenvalue weighted by Gasteiger charge is 2.20. The molecule has 1 aromatic carbocycles. The predicted octanol–water partition coefficient (Wildman–Crippen LogP) is 1.57. The van der Waals surface area contributed by atoms with Crippen LogP contribution in [0.4, 0.5) is 11.5 Å². The van der Waals surface area contributed by atoms with Crippen molar-refractivity contribution in [3.8, 4) is 6.01 Å². The molecule has 0 atom stereocenters. The maximum Gasteiger partial charge on any atom is 0.316 e. The first kappa shape index (κ1) is 18.3. The van der Waals surface area contributed by atoms with Crippen LogP contribution in [0, 0.1) is 0 Å². The number of hydrogen-bond donors (Lipinski definition) is 3. The summed E-state index contributed by atoms with van der Waals surface area (Å²) in [4.78, 5) is 28.5. The van der Waals surface area contributed by atoms with Gasteiger partial charge in [0, 0.05) is 49.6 Å². The molecule has 0 unspecified atom stereocenters. The number of pyridine rings is 1. The first-order chi connectivity index (χ1) is 14.7. The zero-order valence-electron chi connectivity index (χ0n) is 16.3. The summed E-state index contributed by atoms with van der Waals surface area (Å²) in [5.74, 6) is 0.125. The molecule has 5 rings (SSSR count). The van der Waals surface area contributed by atoms with E-state index in [0.29, 0.717) is 16.9 Å². The van der Waals surface area contributed by atoms with Crippen LogP contribution >= 0.6 is 0 Å². The van der Waals surface area contributed by atoms with E-state index in [0.717, 1.165) is 48.2 Å². The second kappa shape index (κ2) is 7.56. The Hall–Kier alpha value is -3.79. The van der Waals surface area contributed by atoms with Crippen LogP contribution in [0.25, 0.3) is 21.8 Å². The molecule has 1 fully saturated rings. The van der Waals surface area contributed by atoms with E-state index in [9.17, 15) is 4.79 Å². The van der Waals surface area contributed by atoms with Gasteiger partial charge in [-0.05, 0) is 18.2 Å². The molecule has 152 valence electrons. The molecular weight excluding hydrogens is 384 g/mol. The number of carbonyl (C=O) groups is 1. The number of amides is 1. The van der Waals surface area contributed by atoms with Crippen molar-refractivity contribution in [1.82, 2.24) is 30.5 Å². The summed E-state index contributed by atoms with van der Waals surface area (Å²) < 4.78 is 5.21. The van der Waals surface area contributed by atoms with Crippen LogP contribution in [-0.2, 0) is 0 Å². The Morgan fingerprint density at radius 2 is 2.00 bits per heavy atom. The van der Waals surface area contributed by atoms with Crippen molar-refractivity contribution in [2.24, 2.45) is 0 Å².